The molecule has 1 unspecified atom stereocenters. The lowest BCUT2D eigenvalue weighted by atomic mass is 9.90. The summed E-state index contributed by atoms with van der Waals surface area (Å²) in [6.07, 6.45) is 0. The highest BCUT2D eigenvalue weighted by Crippen LogP contribution is 2.41. The third-order valence-corrected chi connectivity index (χ3v) is 6.00. The van der Waals surface area contributed by atoms with E-state index in [-0.39, 0.29) is 29.1 Å². The largest absolute Gasteiger partial charge is 0.493 e. The first-order valence-corrected chi connectivity index (χ1v) is 11.9. The molecule has 9 heteroatoms. The molecular weight excluding hydrogens is 498 g/mol. The summed E-state index contributed by atoms with van der Waals surface area (Å²) in [6, 6.07) is 21.4. The molecule has 1 atom stereocenters. The van der Waals surface area contributed by atoms with E-state index in [1.807, 2.05) is 48.5 Å². The molecule has 3 N–H and O–H groups in total. The Kier molecular flexibility index (Phi) is 7.87. The van der Waals surface area contributed by atoms with Crippen LogP contribution < -0.4 is 25.4 Å². The van der Waals surface area contributed by atoms with Crippen molar-refractivity contribution >= 4 is 52.0 Å². The van der Waals surface area contributed by atoms with Gasteiger partial charge in [0.25, 0.3) is 5.91 Å². The van der Waals surface area contributed by atoms with Gasteiger partial charge in [-0.05, 0) is 54.5 Å². The number of anilines is 1. The number of para-hydroxylation sites is 1. The zero-order valence-corrected chi connectivity index (χ0v) is 21.2. The molecule has 3 aromatic carbocycles. The number of ether oxygens (including phenoxy) is 2. The Morgan fingerprint density at radius 3 is 2.36 bits per heavy atom. The van der Waals surface area contributed by atoms with Crippen LogP contribution in [0.4, 0.5) is 5.69 Å². The van der Waals surface area contributed by atoms with E-state index in [0.717, 1.165) is 5.56 Å². The molecule has 36 heavy (non-hydrogen) atoms. The summed E-state index contributed by atoms with van der Waals surface area (Å²) in [7, 11) is 1.48. The van der Waals surface area contributed by atoms with Crippen LogP contribution in [0.2, 0.25) is 5.02 Å². The number of nitrogens with one attached hydrogen (secondary N) is 3. The van der Waals surface area contributed by atoms with Crippen molar-refractivity contribution in [3.05, 3.63) is 94.5 Å². The predicted octanol–water partition coefficient (Wildman–Crippen LogP) is 4.89. The molecule has 1 aliphatic heterocycles. The molecule has 0 fully saturated rings. The smallest absolute Gasteiger partial charge is 0.262 e. The van der Waals surface area contributed by atoms with Crippen molar-refractivity contribution in [2.45, 2.75) is 13.0 Å². The number of hydrogen-bond donors (Lipinski definition) is 3. The highest BCUT2D eigenvalue weighted by molar-refractivity contribution is 7.80. The maximum absolute atomic E-state index is 12.8. The van der Waals surface area contributed by atoms with E-state index in [1.165, 1.54) is 14.0 Å². The van der Waals surface area contributed by atoms with Crippen molar-refractivity contribution in [1.29, 1.82) is 0 Å². The molecule has 0 bridgehead atoms. The molecule has 7 nitrogen and oxygen atoms in total. The minimum Gasteiger partial charge on any atom is -0.493 e. The summed E-state index contributed by atoms with van der Waals surface area (Å²) in [6.45, 7) is 1.24. The fourth-order valence-corrected chi connectivity index (χ4v) is 4.42. The molecule has 4 rings (SSSR count). The number of thiocarbonyl (C=S) groups is 1. The lowest BCUT2D eigenvalue weighted by Gasteiger charge is -2.31. The van der Waals surface area contributed by atoms with Crippen LogP contribution in [-0.4, -0.2) is 30.5 Å². The molecule has 0 spiro atoms. The zero-order valence-electron chi connectivity index (χ0n) is 19.6. The van der Waals surface area contributed by atoms with Gasteiger partial charge in [-0.3, -0.25) is 9.59 Å². The molecule has 184 valence electrons. The first kappa shape index (κ1) is 25.2. The van der Waals surface area contributed by atoms with Gasteiger partial charge in [0.05, 0.1) is 23.9 Å². The van der Waals surface area contributed by atoms with E-state index in [2.05, 4.69) is 16.0 Å². The Bertz CT molecular complexity index is 1330. The maximum atomic E-state index is 12.8. The van der Waals surface area contributed by atoms with Gasteiger partial charge in [-0.1, -0.05) is 60.1 Å². The number of carbonyl (C=O) groups excluding carboxylic acids is 2. The summed E-state index contributed by atoms with van der Waals surface area (Å²) >= 11 is 12.0. The molecule has 3 aromatic rings. The second-order valence-electron chi connectivity index (χ2n) is 7.98. The van der Waals surface area contributed by atoms with E-state index >= 15 is 0 Å². The van der Waals surface area contributed by atoms with Gasteiger partial charge < -0.3 is 25.4 Å². The number of amides is 1. The SMILES string of the molecule is COc1cc(C2NC(=S)NC(c3ccccc3)=C2C(C)=O)cc(Cl)c1OCC(=O)Nc1ccccc1. The predicted molar refractivity (Wildman–Crippen MR) is 144 cm³/mol. The zero-order chi connectivity index (χ0) is 25.7. The van der Waals surface area contributed by atoms with Crippen LogP contribution in [-0.2, 0) is 9.59 Å². The molecule has 1 heterocycles. The van der Waals surface area contributed by atoms with E-state index in [4.69, 9.17) is 33.3 Å². The number of methoxy groups -OCH3 is 1. The van der Waals surface area contributed by atoms with Crippen LogP contribution in [0.25, 0.3) is 5.70 Å². The molecule has 0 aliphatic carbocycles. The molecular formula is C27H24ClN3O4S. The highest BCUT2D eigenvalue weighted by atomic mass is 35.5. The number of hydrogen-bond acceptors (Lipinski definition) is 5. The molecule has 0 saturated heterocycles. The average Bonchev–Trinajstić information content (AvgIpc) is 2.88. The highest BCUT2D eigenvalue weighted by Gasteiger charge is 2.31. The Hall–Kier alpha value is -3.88. The summed E-state index contributed by atoms with van der Waals surface area (Å²) in [5.41, 5.74) is 3.28. The minimum atomic E-state index is -0.576. The summed E-state index contributed by atoms with van der Waals surface area (Å²) in [5, 5.41) is 9.63. The summed E-state index contributed by atoms with van der Waals surface area (Å²) < 4.78 is 11.2. The van der Waals surface area contributed by atoms with Crippen LogP contribution in [0.1, 0.15) is 24.1 Å². The standard InChI is InChI=1S/C27H24ClN3O4S/c1-16(32)23-24(17-9-5-3-6-10-17)30-27(36)31-25(23)18-13-20(28)26(21(14-18)34-2)35-15-22(33)29-19-11-7-4-8-12-19/h3-14,25H,15H2,1-2H3,(H,29,33)(H2,30,31,36). The number of benzene rings is 3. The number of rotatable bonds is 8. The van der Waals surface area contributed by atoms with Crippen molar-refractivity contribution in [3.8, 4) is 11.5 Å². The summed E-state index contributed by atoms with van der Waals surface area (Å²) in [5.74, 6) is 0.0668. The Labute approximate surface area is 219 Å². The van der Waals surface area contributed by atoms with Gasteiger partial charge in [-0.25, -0.2) is 0 Å². The minimum absolute atomic E-state index is 0.130. The van der Waals surface area contributed by atoms with Crippen LogP contribution in [0.15, 0.2) is 78.4 Å². The average molecular weight is 522 g/mol. The normalized spacial score (nSPS) is 15.0. The third-order valence-electron chi connectivity index (χ3n) is 5.50. The fourth-order valence-electron chi connectivity index (χ4n) is 3.93. The monoisotopic (exact) mass is 521 g/mol. The summed E-state index contributed by atoms with van der Waals surface area (Å²) in [4.78, 5) is 25.1. The molecule has 1 aliphatic rings. The van der Waals surface area contributed by atoms with Gasteiger partial charge in [0.15, 0.2) is 29.0 Å². The van der Waals surface area contributed by atoms with Crippen LogP contribution in [0, 0.1) is 0 Å². The number of carbonyl (C=O) groups is 2. The van der Waals surface area contributed by atoms with Crippen LogP contribution in [0.5, 0.6) is 11.5 Å². The van der Waals surface area contributed by atoms with Crippen molar-refractivity contribution < 1.29 is 19.1 Å². The van der Waals surface area contributed by atoms with Crippen molar-refractivity contribution in [2.24, 2.45) is 0 Å². The molecule has 0 saturated carbocycles. The number of ketones is 1. The van der Waals surface area contributed by atoms with Crippen LogP contribution >= 0.6 is 23.8 Å². The lowest BCUT2D eigenvalue weighted by molar-refractivity contribution is -0.118. The van der Waals surface area contributed by atoms with Gasteiger partial charge in [0, 0.05) is 11.3 Å². The quantitative estimate of drug-likeness (QED) is 0.364. The second kappa shape index (κ2) is 11.2. The first-order chi connectivity index (χ1) is 17.4. The van der Waals surface area contributed by atoms with Gasteiger partial charge in [-0.2, -0.15) is 0 Å². The van der Waals surface area contributed by atoms with Crippen LogP contribution in [0.3, 0.4) is 0 Å². The van der Waals surface area contributed by atoms with E-state index in [1.54, 1.807) is 24.3 Å². The number of halogens is 1. The lowest BCUT2D eigenvalue weighted by Crippen LogP contribution is -2.44. The van der Waals surface area contributed by atoms with Gasteiger partial charge >= 0.3 is 0 Å². The molecule has 0 radical (unpaired) electrons. The third kappa shape index (κ3) is 5.67. The van der Waals surface area contributed by atoms with E-state index in [0.29, 0.717) is 33.4 Å². The van der Waals surface area contributed by atoms with E-state index in [9.17, 15) is 9.59 Å². The topological polar surface area (TPSA) is 88.7 Å². The van der Waals surface area contributed by atoms with E-state index < -0.39 is 6.04 Å². The Morgan fingerprint density at radius 1 is 1.06 bits per heavy atom. The van der Waals surface area contributed by atoms with Gasteiger partial charge in [-0.15, -0.1) is 0 Å². The maximum Gasteiger partial charge on any atom is 0.262 e. The van der Waals surface area contributed by atoms with Crippen molar-refractivity contribution in [3.63, 3.8) is 0 Å². The molecule has 1 amide bonds. The van der Waals surface area contributed by atoms with Gasteiger partial charge in [0.1, 0.15) is 0 Å². The Morgan fingerprint density at radius 2 is 1.72 bits per heavy atom. The number of Topliss-reactive ketones (excluding diaryl/α,β-unsaturated/α-hetero) is 1. The first-order valence-electron chi connectivity index (χ1n) is 11.1. The molecule has 0 aromatic heterocycles. The fraction of sp³-hybridized carbons (Fsp3) is 0.148. The van der Waals surface area contributed by atoms with Crippen molar-refractivity contribution in [2.75, 3.05) is 19.0 Å². The van der Waals surface area contributed by atoms with Crippen molar-refractivity contribution in [1.82, 2.24) is 10.6 Å². The second-order valence-corrected chi connectivity index (χ2v) is 8.79. The Balaban J connectivity index is 1.64. The van der Waals surface area contributed by atoms with Gasteiger partial charge in [0.2, 0.25) is 0 Å².